The van der Waals surface area contributed by atoms with Crippen molar-refractivity contribution in [3.05, 3.63) is 0 Å². The Balaban J connectivity index is 4.16. The summed E-state index contributed by atoms with van der Waals surface area (Å²) < 4.78 is 21.6. The summed E-state index contributed by atoms with van der Waals surface area (Å²) in [5, 5.41) is 8.25. The first kappa shape index (κ1) is 53.8. The molecule has 0 saturated heterocycles. The Kier molecular flexibility index (Phi) is 43.7. The van der Waals surface area contributed by atoms with Crippen LogP contribution in [0.5, 0.6) is 0 Å². The lowest BCUT2D eigenvalue weighted by atomic mass is 10.0. The zero-order valence-corrected chi connectivity index (χ0v) is 37.0. The van der Waals surface area contributed by atoms with Gasteiger partial charge in [-0.3, -0.25) is 0 Å². The standard InChI is InChI=1S/C46H91N3O7/c1-4-7-9-11-13-15-17-19-21-22-24-26-28-30-32-34-37-49-46(52)56-43(42-55-45(51)48-38-35-40-53-39-6-3)41-54-44(50)47-36-33-31-29-27-25-23-20-18-16-14-12-10-8-5-2/h43H,4-42H2,1-3H3,(H,47,50)(H,48,51)(H,49,52). The highest BCUT2D eigenvalue weighted by atomic mass is 16.6. The molecule has 0 aromatic rings. The largest absolute Gasteiger partial charge is 0.445 e. The monoisotopic (exact) mass is 798 g/mol. The predicted octanol–water partition coefficient (Wildman–Crippen LogP) is 13.1. The molecule has 3 N–H and O–H groups in total. The molecule has 0 bridgehead atoms. The summed E-state index contributed by atoms with van der Waals surface area (Å²) in [5.74, 6) is 0. The van der Waals surface area contributed by atoms with E-state index in [2.05, 4.69) is 29.8 Å². The van der Waals surface area contributed by atoms with E-state index in [0.717, 1.165) is 38.5 Å². The van der Waals surface area contributed by atoms with Crippen LogP contribution in [-0.4, -0.2) is 70.4 Å². The summed E-state index contributed by atoms with van der Waals surface area (Å²) >= 11 is 0. The second kappa shape index (κ2) is 45.5. The van der Waals surface area contributed by atoms with E-state index < -0.39 is 24.4 Å². The fourth-order valence-corrected chi connectivity index (χ4v) is 6.73. The summed E-state index contributed by atoms with van der Waals surface area (Å²) in [6, 6.07) is 0. The first-order chi connectivity index (χ1) is 27.5. The SMILES string of the molecule is CCCCCCCCCCCCCCCCCCNC(=O)OC(COC(=O)NCCCCCCCCCCCCCCCC)COC(=O)NCCCOCCC. The van der Waals surface area contributed by atoms with E-state index in [1.807, 2.05) is 6.92 Å². The number of rotatable bonds is 43. The van der Waals surface area contributed by atoms with Gasteiger partial charge in [0.1, 0.15) is 13.2 Å². The third-order valence-electron chi connectivity index (χ3n) is 10.3. The Morgan fingerprint density at radius 2 is 0.661 bits per heavy atom. The van der Waals surface area contributed by atoms with Gasteiger partial charge in [-0.05, 0) is 25.7 Å². The lowest BCUT2D eigenvalue weighted by Gasteiger charge is -2.19. The predicted molar refractivity (Wildman–Crippen MR) is 233 cm³/mol. The van der Waals surface area contributed by atoms with Crippen molar-refractivity contribution in [1.29, 1.82) is 0 Å². The Morgan fingerprint density at radius 1 is 0.357 bits per heavy atom. The van der Waals surface area contributed by atoms with Crippen LogP contribution in [0.1, 0.15) is 226 Å². The molecule has 0 saturated carbocycles. The summed E-state index contributed by atoms with van der Waals surface area (Å²) in [4.78, 5) is 37.2. The topological polar surface area (TPSA) is 124 Å². The molecule has 0 aliphatic carbocycles. The molecule has 0 aromatic carbocycles. The molecular formula is C46H91N3O7. The van der Waals surface area contributed by atoms with Gasteiger partial charge in [-0.1, -0.05) is 201 Å². The van der Waals surface area contributed by atoms with Crippen molar-refractivity contribution in [1.82, 2.24) is 16.0 Å². The highest BCUT2D eigenvalue weighted by Crippen LogP contribution is 2.15. The molecule has 1 atom stereocenters. The smallest absolute Gasteiger partial charge is 0.407 e. The Bertz CT molecular complexity index is 848. The zero-order valence-electron chi connectivity index (χ0n) is 37.0. The van der Waals surface area contributed by atoms with Crippen LogP contribution in [0, 0.1) is 0 Å². The van der Waals surface area contributed by atoms with Crippen LogP contribution >= 0.6 is 0 Å². The summed E-state index contributed by atoms with van der Waals surface area (Å²) in [5.41, 5.74) is 0. The van der Waals surface area contributed by atoms with Crippen molar-refractivity contribution in [2.24, 2.45) is 0 Å². The van der Waals surface area contributed by atoms with Crippen LogP contribution in [0.3, 0.4) is 0 Å². The van der Waals surface area contributed by atoms with E-state index in [9.17, 15) is 14.4 Å². The van der Waals surface area contributed by atoms with Crippen molar-refractivity contribution in [3.63, 3.8) is 0 Å². The maximum absolute atomic E-state index is 12.6. The molecule has 1 unspecified atom stereocenters. The van der Waals surface area contributed by atoms with Crippen molar-refractivity contribution < 1.29 is 33.3 Å². The number of alkyl carbamates (subject to hydrolysis) is 3. The van der Waals surface area contributed by atoms with E-state index in [1.54, 1.807) is 0 Å². The highest BCUT2D eigenvalue weighted by Gasteiger charge is 2.19. The van der Waals surface area contributed by atoms with Gasteiger partial charge < -0.3 is 34.9 Å². The molecule has 0 spiro atoms. The Labute approximate surface area is 345 Å². The highest BCUT2D eigenvalue weighted by molar-refractivity contribution is 5.69. The minimum atomic E-state index is -0.925. The van der Waals surface area contributed by atoms with Crippen LogP contribution in [0.4, 0.5) is 14.4 Å². The first-order valence-electron chi connectivity index (χ1n) is 23.9. The second-order valence-corrected chi connectivity index (χ2v) is 15.9. The average Bonchev–Trinajstić information content (AvgIpc) is 3.19. The Morgan fingerprint density at radius 3 is 1.00 bits per heavy atom. The number of nitrogens with one attached hydrogen (secondary N) is 3. The molecular weight excluding hydrogens is 707 g/mol. The summed E-state index contributed by atoms with van der Waals surface area (Å²) in [6.07, 6.45) is 37.5. The summed E-state index contributed by atoms with van der Waals surface area (Å²) in [6.45, 7) is 8.84. The van der Waals surface area contributed by atoms with Crippen molar-refractivity contribution >= 4 is 18.3 Å². The number of carbonyl (C=O) groups is 3. The molecule has 0 aliphatic rings. The zero-order chi connectivity index (χ0) is 40.8. The minimum absolute atomic E-state index is 0.213. The fourth-order valence-electron chi connectivity index (χ4n) is 6.73. The third kappa shape index (κ3) is 42.9. The minimum Gasteiger partial charge on any atom is -0.445 e. The quantitative estimate of drug-likeness (QED) is 0.0414. The second-order valence-electron chi connectivity index (χ2n) is 15.9. The van der Waals surface area contributed by atoms with E-state index >= 15 is 0 Å². The Hall–Kier alpha value is -2.23. The van der Waals surface area contributed by atoms with Gasteiger partial charge in [-0.25, -0.2) is 14.4 Å². The third-order valence-corrected chi connectivity index (χ3v) is 10.3. The van der Waals surface area contributed by atoms with E-state index in [1.165, 1.54) is 161 Å². The molecule has 0 rings (SSSR count). The number of hydrogen-bond donors (Lipinski definition) is 3. The first-order valence-corrected chi connectivity index (χ1v) is 23.9. The van der Waals surface area contributed by atoms with Gasteiger partial charge in [0, 0.05) is 32.8 Å². The van der Waals surface area contributed by atoms with Crippen LogP contribution in [0.15, 0.2) is 0 Å². The van der Waals surface area contributed by atoms with Gasteiger partial charge in [0.05, 0.1) is 0 Å². The maximum atomic E-state index is 12.6. The lowest BCUT2D eigenvalue weighted by Crippen LogP contribution is -2.38. The van der Waals surface area contributed by atoms with Crippen LogP contribution in [-0.2, 0) is 18.9 Å². The molecule has 10 heteroatoms. The maximum Gasteiger partial charge on any atom is 0.407 e. The molecule has 10 nitrogen and oxygen atoms in total. The van der Waals surface area contributed by atoms with Gasteiger partial charge in [-0.2, -0.15) is 0 Å². The number of carbonyl (C=O) groups excluding carboxylic acids is 3. The average molecular weight is 798 g/mol. The van der Waals surface area contributed by atoms with Crippen molar-refractivity contribution in [2.75, 3.05) is 46.1 Å². The number of ether oxygens (including phenoxy) is 4. The van der Waals surface area contributed by atoms with Gasteiger partial charge in [0.2, 0.25) is 0 Å². The molecule has 332 valence electrons. The van der Waals surface area contributed by atoms with Crippen LogP contribution in [0.25, 0.3) is 0 Å². The molecule has 0 radical (unpaired) electrons. The number of amides is 3. The van der Waals surface area contributed by atoms with Gasteiger partial charge in [0.15, 0.2) is 6.10 Å². The van der Waals surface area contributed by atoms with E-state index in [-0.39, 0.29) is 13.2 Å². The van der Waals surface area contributed by atoms with Crippen LogP contribution < -0.4 is 16.0 Å². The normalized spacial score (nSPS) is 11.6. The number of unbranched alkanes of at least 4 members (excludes halogenated alkanes) is 28. The number of hydrogen-bond acceptors (Lipinski definition) is 7. The fraction of sp³-hybridized carbons (Fsp3) is 0.935. The molecule has 56 heavy (non-hydrogen) atoms. The lowest BCUT2D eigenvalue weighted by molar-refractivity contribution is 0.00728. The van der Waals surface area contributed by atoms with Crippen LogP contribution in [0.2, 0.25) is 0 Å². The van der Waals surface area contributed by atoms with E-state index in [0.29, 0.717) is 39.3 Å². The molecule has 0 heterocycles. The van der Waals surface area contributed by atoms with Crippen molar-refractivity contribution in [3.8, 4) is 0 Å². The van der Waals surface area contributed by atoms with E-state index in [4.69, 9.17) is 18.9 Å². The molecule has 0 aromatic heterocycles. The van der Waals surface area contributed by atoms with Gasteiger partial charge in [0.25, 0.3) is 0 Å². The summed E-state index contributed by atoms with van der Waals surface area (Å²) in [7, 11) is 0. The van der Waals surface area contributed by atoms with Gasteiger partial charge in [-0.15, -0.1) is 0 Å². The van der Waals surface area contributed by atoms with Gasteiger partial charge >= 0.3 is 18.3 Å². The molecule has 3 amide bonds. The van der Waals surface area contributed by atoms with Crippen molar-refractivity contribution in [2.45, 2.75) is 232 Å². The molecule has 0 aliphatic heterocycles. The molecule has 0 fully saturated rings.